The maximum Gasteiger partial charge on any atom is 0.324 e. The minimum absolute atomic E-state index is 0.0000661. The van der Waals surface area contributed by atoms with E-state index in [0.717, 1.165) is 5.69 Å². The zero-order valence-corrected chi connectivity index (χ0v) is 10.5. The van der Waals surface area contributed by atoms with Crippen LogP contribution >= 0.6 is 0 Å². The number of hydrogen-bond acceptors (Lipinski definition) is 3. The summed E-state index contributed by atoms with van der Waals surface area (Å²) in [6.45, 7) is 4.01. The molecule has 1 heterocycles. The van der Waals surface area contributed by atoms with Crippen molar-refractivity contribution < 1.29 is 9.90 Å². The van der Waals surface area contributed by atoms with Crippen LogP contribution in [0, 0.1) is 5.92 Å². The molecule has 1 atom stereocenters. The second kappa shape index (κ2) is 5.27. The van der Waals surface area contributed by atoms with E-state index in [0.29, 0.717) is 25.3 Å². The molecule has 2 amide bonds. The molecule has 1 aliphatic rings. The van der Waals surface area contributed by atoms with Crippen LogP contribution in [-0.2, 0) is 0 Å². The van der Waals surface area contributed by atoms with Gasteiger partial charge in [0.25, 0.3) is 0 Å². The van der Waals surface area contributed by atoms with E-state index in [-0.39, 0.29) is 18.6 Å². The van der Waals surface area contributed by atoms with Gasteiger partial charge in [-0.15, -0.1) is 0 Å². The van der Waals surface area contributed by atoms with E-state index in [1.54, 1.807) is 21.9 Å². The first kappa shape index (κ1) is 12.7. The smallest absolute Gasteiger partial charge is 0.324 e. The first-order chi connectivity index (χ1) is 8.61. The Bertz CT molecular complexity index is 419. The molecule has 0 radical (unpaired) electrons. The van der Waals surface area contributed by atoms with Gasteiger partial charge in [0.15, 0.2) is 0 Å². The van der Waals surface area contributed by atoms with Crippen LogP contribution in [0.4, 0.5) is 16.2 Å². The molecule has 1 fully saturated rings. The van der Waals surface area contributed by atoms with E-state index in [4.69, 9.17) is 10.8 Å². The summed E-state index contributed by atoms with van der Waals surface area (Å²) >= 11 is 0. The van der Waals surface area contributed by atoms with E-state index >= 15 is 0 Å². The largest absolute Gasteiger partial charge is 0.399 e. The van der Waals surface area contributed by atoms with Crippen molar-refractivity contribution in [3.63, 3.8) is 0 Å². The Kier molecular flexibility index (Phi) is 3.72. The predicted molar refractivity (Wildman–Crippen MR) is 71.4 cm³/mol. The van der Waals surface area contributed by atoms with Crippen LogP contribution in [0.3, 0.4) is 0 Å². The van der Waals surface area contributed by atoms with Gasteiger partial charge < -0.3 is 15.7 Å². The lowest BCUT2D eigenvalue weighted by Gasteiger charge is -2.21. The fourth-order valence-corrected chi connectivity index (χ4v) is 2.08. The van der Waals surface area contributed by atoms with Gasteiger partial charge in [0.2, 0.25) is 0 Å². The lowest BCUT2D eigenvalue weighted by molar-refractivity contribution is 0.185. The van der Waals surface area contributed by atoms with Crippen molar-refractivity contribution in [3.05, 3.63) is 24.3 Å². The molecule has 18 heavy (non-hydrogen) atoms. The Morgan fingerprint density at radius 1 is 1.33 bits per heavy atom. The number of carbonyl (C=O) groups is 1. The molecule has 0 aromatic heterocycles. The highest BCUT2D eigenvalue weighted by molar-refractivity contribution is 5.94. The van der Waals surface area contributed by atoms with Crippen LogP contribution in [0.25, 0.3) is 0 Å². The third kappa shape index (κ3) is 2.56. The number of benzene rings is 1. The van der Waals surface area contributed by atoms with E-state index in [9.17, 15) is 4.79 Å². The third-order valence-corrected chi connectivity index (χ3v) is 3.14. The fourth-order valence-electron chi connectivity index (χ4n) is 2.08. The van der Waals surface area contributed by atoms with Gasteiger partial charge in [0, 0.05) is 37.6 Å². The number of aliphatic hydroxyl groups is 1. The highest BCUT2D eigenvalue weighted by Crippen LogP contribution is 2.21. The molecular weight excluding hydrogens is 230 g/mol. The number of aliphatic hydroxyl groups excluding tert-OH is 1. The average molecular weight is 249 g/mol. The molecule has 0 bridgehead atoms. The van der Waals surface area contributed by atoms with Crippen molar-refractivity contribution in [3.8, 4) is 0 Å². The summed E-state index contributed by atoms with van der Waals surface area (Å²) in [7, 11) is 0. The first-order valence-corrected chi connectivity index (χ1v) is 6.14. The van der Waals surface area contributed by atoms with Crippen molar-refractivity contribution in [2.75, 3.05) is 36.9 Å². The SMILES string of the molecule is CC(CO)CN1CCN(c2ccc(N)cc2)C1=O. The molecule has 2 rings (SSSR count). The quantitative estimate of drug-likeness (QED) is 0.786. The Hall–Kier alpha value is -1.75. The number of nitrogen functional groups attached to an aromatic ring is 1. The zero-order valence-electron chi connectivity index (χ0n) is 10.5. The van der Waals surface area contributed by atoms with Gasteiger partial charge in [0.05, 0.1) is 0 Å². The van der Waals surface area contributed by atoms with E-state index in [1.807, 2.05) is 19.1 Å². The first-order valence-electron chi connectivity index (χ1n) is 6.14. The van der Waals surface area contributed by atoms with Crippen molar-refractivity contribution in [1.82, 2.24) is 4.90 Å². The van der Waals surface area contributed by atoms with Gasteiger partial charge in [-0.1, -0.05) is 6.92 Å². The monoisotopic (exact) mass is 249 g/mol. The molecule has 3 N–H and O–H groups in total. The zero-order chi connectivity index (χ0) is 13.1. The van der Waals surface area contributed by atoms with Gasteiger partial charge >= 0.3 is 6.03 Å². The van der Waals surface area contributed by atoms with Crippen LogP contribution in [0.5, 0.6) is 0 Å². The Morgan fingerprint density at radius 3 is 2.61 bits per heavy atom. The number of hydrogen-bond donors (Lipinski definition) is 2. The molecule has 0 saturated carbocycles. The van der Waals surface area contributed by atoms with Crippen LogP contribution in [-0.4, -0.2) is 42.3 Å². The molecule has 1 unspecified atom stereocenters. The van der Waals surface area contributed by atoms with Crippen LogP contribution in [0.1, 0.15) is 6.92 Å². The molecule has 1 saturated heterocycles. The second-order valence-electron chi connectivity index (χ2n) is 4.76. The van der Waals surface area contributed by atoms with Crippen LogP contribution in [0.2, 0.25) is 0 Å². The van der Waals surface area contributed by atoms with Crippen LogP contribution < -0.4 is 10.6 Å². The summed E-state index contributed by atoms with van der Waals surface area (Å²) in [4.78, 5) is 15.7. The number of nitrogens with zero attached hydrogens (tertiary/aromatic N) is 2. The van der Waals surface area contributed by atoms with Crippen LogP contribution in [0.15, 0.2) is 24.3 Å². The number of rotatable bonds is 4. The highest BCUT2D eigenvalue weighted by atomic mass is 16.3. The molecular formula is C13H19N3O2. The van der Waals surface area contributed by atoms with E-state index in [2.05, 4.69) is 0 Å². The minimum atomic E-state index is 0.0000661. The van der Waals surface area contributed by atoms with Gasteiger partial charge in [-0.05, 0) is 30.2 Å². The molecule has 5 heteroatoms. The van der Waals surface area contributed by atoms with Gasteiger partial charge in [0.1, 0.15) is 0 Å². The average Bonchev–Trinajstić information content (AvgIpc) is 2.72. The molecule has 0 spiro atoms. The summed E-state index contributed by atoms with van der Waals surface area (Å²) in [6, 6.07) is 7.29. The van der Waals surface area contributed by atoms with E-state index < -0.39 is 0 Å². The molecule has 5 nitrogen and oxygen atoms in total. The fraction of sp³-hybridized carbons (Fsp3) is 0.462. The van der Waals surface area contributed by atoms with E-state index in [1.165, 1.54) is 0 Å². The number of urea groups is 1. The predicted octanol–water partition coefficient (Wildman–Crippen LogP) is 1.14. The lowest BCUT2D eigenvalue weighted by atomic mass is 10.2. The van der Waals surface area contributed by atoms with Gasteiger partial charge in [-0.3, -0.25) is 4.90 Å². The molecule has 0 aliphatic carbocycles. The number of nitrogens with two attached hydrogens (primary N) is 1. The number of anilines is 2. The third-order valence-electron chi connectivity index (χ3n) is 3.14. The summed E-state index contributed by atoms with van der Waals surface area (Å²) in [5, 5.41) is 9.03. The van der Waals surface area contributed by atoms with Crippen molar-refractivity contribution in [2.24, 2.45) is 5.92 Å². The summed E-state index contributed by atoms with van der Waals surface area (Å²) in [5.74, 6) is 0.111. The summed E-state index contributed by atoms with van der Waals surface area (Å²) in [5.41, 5.74) is 7.19. The maximum atomic E-state index is 12.2. The van der Waals surface area contributed by atoms with Crippen molar-refractivity contribution in [2.45, 2.75) is 6.92 Å². The standard InChI is InChI=1S/C13H19N3O2/c1-10(9-17)8-15-6-7-16(13(15)18)12-4-2-11(14)3-5-12/h2-5,10,17H,6-9,14H2,1H3. The highest BCUT2D eigenvalue weighted by Gasteiger charge is 2.29. The normalized spacial score (nSPS) is 17.3. The second-order valence-corrected chi connectivity index (χ2v) is 4.76. The molecule has 1 aromatic rings. The molecule has 98 valence electrons. The van der Waals surface area contributed by atoms with Gasteiger partial charge in [-0.2, -0.15) is 0 Å². The van der Waals surface area contributed by atoms with Crippen molar-refractivity contribution in [1.29, 1.82) is 0 Å². The Labute approximate surface area is 107 Å². The Balaban J connectivity index is 2.05. The molecule has 1 aliphatic heterocycles. The lowest BCUT2D eigenvalue weighted by Crippen LogP contribution is -2.35. The summed E-state index contributed by atoms with van der Waals surface area (Å²) in [6.07, 6.45) is 0. The molecule has 1 aromatic carbocycles. The number of amides is 2. The van der Waals surface area contributed by atoms with Gasteiger partial charge in [-0.25, -0.2) is 4.79 Å². The Morgan fingerprint density at radius 2 is 2.00 bits per heavy atom. The van der Waals surface area contributed by atoms with Crippen molar-refractivity contribution >= 4 is 17.4 Å². The maximum absolute atomic E-state index is 12.2. The summed E-state index contributed by atoms with van der Waals surface area (Å²) < 4.78 is 0. The minimum Gasteiger partial charge on any atom is -0.399 e. The number of carbonyl (C=O) groups excluding carboxylic acids is 1. The topological polar surface area (TPSA) is 69.8 Å².